The van der Waals surface area contributed by atoms with Crippen LogP contribution in [0.1, 0.15) is 23.2 Å². The van der Waals surface area contributed by atoms with E-state index in [1.54, 1.807) is 7.11 Å². The largest absolute Gasteiger partial charge is 0.496 e. The summed E-state index contributed by atoms with van der Waals surface area (Å²) in [4.78, 5) is 13.3. The lowest BCUT2D eigenvalue weighted by molar-refractivity contribution is 0.105. The number of ether oxygens (including phenoxy) is 1. The number of anilines is 2. The van der Waals surface area contributed by atoms with Gasteiger partial charge in [-0.3, -0.25) is 14.5 Å². The fraction of sp³-hybridized carbons (Fsp3) is 0.500. The number of nitrogens with two attached hydrogens (primary N) is 2. The molecule has 170 valence electrons. The van der Waals surface area contributed by atoms with Gasteiger partial charge in [0.1, 0.15) is 16.8 Å². The molecule has 2 fully saturated rings. The lowest BCUT2D eigenvalue weighted by Gasteiger charge is -2.33. The molecule has 3 aromatic rings. The van der Waals surface area contributed by atoms with Gasteiger partial charge < -0.3 is 21.3 Å². The van der Waals surface area contributed by atoms with Crippen molar-refractivity contribution in [3.8, 4) is 5.75 Å². The van der Waals surface area contributed by atoms with Gasteiger partial charge in [0.2, 0.25) is 5.95 Å². The summed E-state index contributed by atoms with van der Waals surface area (Å²) in [6, 6.07) is 7.49. The van der Waals surface area contributed by atoms with Crippen molar-refractivity contribution in [3.05, 3.63) is 35.0 Å². The van der Waals surface area contributed by atoms with Crippen LogP contribution in [0.15, 0.2) is 18.2 Å². The number of aliphatic hydroxyl groups excluding tert-OH is 1. The molecule has 2 saturated heterocycles. The Morgan fingerprint density at radius 1 is 1.12 bits per heavy atom. The minimum absolute atomic E-state index is 0.148. The smallest absolute Gasteiger partial charge is 0.222 e. The third-order valence-corrected chi connectivity index (χ3v) is 6.71. The molecule has 2 bridgehead atoms. The number of aliphatic hydroxyl groups is 1. The van der Waals surface area contributed by atoms with Crippen LogP contribution >= 0.6 is 0 Å². The SMILES string of the molecule is COc1cc(CN2CC3CC2CN3CCO)ccc1Cn1nc(C)c2nc(N)nc(N)c21. The fourth-order valence-corrected chi connectivity index (χ4v) is 5.23. The number of rotatable bonds is 7. The van der Waals surface area contributed by atoms with E-state index in [-0.39, 0.29) is 12.6 Å². The molecular weight excluding hydrogens is 408 g/mol. The average Bonchev–Trinajstić information content (AvgIpc) is 3.42. The van der Waals surface area contributed by atoms with E-state index in [0.29, 0.717) is 35.5 Å². The number of benzene rings is 1. The van der Waals surface area contributed by atoms with Gasteiger partial charge in [0, 0.05) is 43.8 Å². The van der Waals surface area contributed by atoms with E-state index in [0.717, 1.165) is 43.2 Å². The van der Waals surface area contributed by atoms with E-state index in [4.69, 9.17) is 16.2 Å². The number of likely N-dealkylation sites (tertiary alicyclic amines) is 2. The standard InChI is InChI=1S/C22H30N8O2/c1-13-19-20(21(23)26-22(24)25-19)30(27-13)10-15-4-3-14(7-18(15)32-2)9-29-12-16-8-17(29)11-28(16)5-6-31/h3-4,7,16-17,31H,5-6,8-12H2,1-2H3,(H4,23,24,25,26). The molecule has 0 aliphatic carbocycles. The van der Waals surface area contributed by atoms with Crippen LogP contribution in [-0.2, 0) is 13.1 Å². The average molecular weight is 439 g/mol. The van der Waals surface area contributed by atoms with Gasteiger partial charge in [0.05, 0.1) is 26.0 Å². The van der Waals surface area contributed by atoms with E-state index in [9.17, 15) is 5.11 Å². The molecule has 0 radical (unpaired) electrons. The van der Waals surface area contributed by atoms with Gasteiger partial charge in [-0.25, -0.2) is 4.98 Å². The summed E-state index contributed by atoms with van der Waals surface area (Å²) in [7, 11) is 1.69. The van der Waals surface area contributed by atoms with E-state index in [1.807, 2.05) is 11.6 Å². The van der Waals surface area contributed by atoms with Crippen LogP contribution in [0.4, 0.5) is 11.8 Å². The van der Waals surface area contributed by atoms with Crippen molar-refractivity contribution < 1.29 is 9.84 Å². The molecule has 0 amide bonds. The van der Waals surface area contributed by atoms with Gasteiger partial charge in [-0.1, -0.05) is 12.1 Å². The maximum Gasteiger partial charge on any atom is 0.222 e. The predicted molar refractivity (Wildman–Crippen MR) is 122 cm³/mol. The molecule has 2 atom stereocenters. The summed E-state index contributed by atoms with van der Waals surface area (Å²) >= 11 is 0. The highest BCUT2D eigenvalue weighted by atomic mass is 16.5. The number of aromatic nitrogens is 4. The van der Waals surface area contributed by atoms with E-state index in [1.165, 1.54) is 12.0 Å². The Morgan fingerprint density at radius 3 is 2.62 bits per heavy atom. The van der Waals surface area contributed by atoms with E-state index >= 15 is 0 Å². The lowest BCUT2D eigenvalue weighted by atomic mass is 10.1. The number of fused-ring (bicyclic) bond motifs is 3. The molecule has 5 rings (SSSR count). The van der Waals surface area contributed by atoms with Crippen molar-refractivity contribution in [2.45, 2.75) is 38.5 Å². The first-order chi connectivity index (χ1) is 15.5. The maximum absolute atomic E-state index is 9.24. The van der Waals surface area contributed by atoms with Crippen LogP contribution in [0.25, 0.3) is 11.0 Å². The molecule has 2 aromatic heterocycles. The molecule has 1 aromatic carbocycles. The molecular formula is C22H30N8O2. The van der Waals surface area contributed by atoms with Gasteiger partial charge in [-0.15, -0.1) is 0 Å². The highest BCUT2D eigenvalue weighted by Crippen LogP contribution is 2.32. The minimum atomic E-state index is 0.148. The van der Waals surface area contributed by atoms with Crippen LogP contribution in [0.2, 0.25) is 0 Å². The third kappa shape index (κ3) is 3.64. The summed E-state index contributed by atoms with van der Waals surface area (Å²) < 4.78 is 7.54. The predicted octanol–water partition coefficient (Wildman–Crippen LogP) is 0.607. The second-order valence-corrected chi connectivity index (χ2v) is 8.74. The zero-order valence-electron chi connectivity index (χ0n) is 18.5. The van der Waals surface area contributed by atoms with Crippen molar-refractivity contribution in [1.29, 1.82) is 0 Å². The normalized spacial score (nSPS) is 21.1. The number of aryl methyl sites for hydroxylation is 1. The molecule has 2 aliphatic rings. The molecule has 10 nitrogen and oxygen atoms in total. The molecule has 10 heteroatoms. The second kappa shape index (κ2) is 8.19. The number of nitrogen functional groups attached to an aromatic ring is 2. The lowest BCUT2D eigenvalue weighted by Crippen LogP contribution is -2.46. The second-order valence-electron chi connectivity index (χ2n) is 8.74. The van der Waals surface area contributed by atoms with Crippen molar-refractivity contribution in [2.75, 3.05) is 44.8 Å². The van der Waals surface area contributed by atoms with Crippen LogP contribution in [0.5, 0.6) is 5.75 Å². The van der Waals surface area contributed by atoms with Crippen LogP contribution in [-0.4, -0.2) is 80.1 Å². The zero-order chi connectivity index (χ0) is 22.4. The molecule has 5 N–H and O–H groups in total. The Hall–Kier alpha value is -2.95. The Morgan fingerprint density at radius 2 is 1.91 bits per heavy atom. The van der Waals surface area contributed by atoms with Gasteiger partial charge in [-0.2, -0.15) is 10.1 Å². The van der Waals surface area contributed by atoms with Crippen molar-refractivity contribution in [1.82, 2.24) is 29.5 Å². The number of hydrogen-bond acceptors (Lipinski definition) is 9. The summed E-state index contributed by atoms with van der Waals surface area (Å²) in [5.74, 6) is 1.29. The highest BCUT2D eigenvalue weighted by Gasteiger charge is 2.42. The number of piperazine rings is 1. The monoisotopic (exact) mass is 438 g/mol. The number of nitrogens with zero attached hydrogens (tertiary/aromatic N) is 6. The maximum atomic E-state index is 9.24. The van der Waals surface area contributed by atoms with Crippen LogP contribution in [0, 0.1) is 6.92 Å². The van der Waals surface area contributed by atoms with Gasteiger partial charge >= 0.3 is 0 Å². The van der Waals surface area contributed by atoms with Crippen molar-refractivity contribution in [3.63, 3.8) is 0 Å². The van der Waals surface area contributed by atoms with E-state index in [2.05, 4.69) is 43.1 Å². The topological polar surface area (TPSA) is 132 Å². The Kier molecular flexibility index (Phi) is 5.36. The molecule has 32 heavy (non-hydrogen) atoms. The molecule has 0 saturated carbocycles. The summed E-state index contributed by atoms with van der Waals surface area (Å²) in [6.07, 6.45) is 1.19. The van der Waals surface area contributed by atoms with Gasteiger partial charge in [0.15, 0.2) is 5.82 Å². The Bertz CT molecular complexity index is 1150. The third-order valence-electron chi connectivity index (χ3n) is 6.71. The first kappa shape index (κ1) is 20.9. The Labute approximate surface area is 186 Å². The molecule has 4 heterocycles. The molecule has 0 spiro atoms. The van der Waals surface area contributed by atoms with Gasteiger partial charge in [-0.05, 0) is 25.0 Å². The minimum Gasteiger partial charge on any atom is -0.496 e. The number of methoxy groups -OCH3 is 1. The molecule has 2 unspecified atom stereocenters. The summed E-state index contributed by atoms with van der Waals surface area (Å²) in [5.41, 5.74) is 16.2. The molecule has 2 aliphatic heterocycles. The Balaban J connectivity index is 1.35. The first-order valence-corrected chi connectivity index (χ1v) is 11.0. The summed E-state index contributed by atoms with van der Waals surface area (Å²) in [5, 5.41) is 13.8. The van der Waals surface area contributed by atoms with Crippen LogP contribution < -0.4 is 16.2 Å². The van der Waals surface area contributed by atoms with Gasteiger partial charge in [0.25, 0.3) is 0 Å². The quantitative estimate of drug-likeness (QED) is 0.485. The summed E-state index contributed by atoms with van der Waals surface area (Å²) in [6.45, 7) is 6.39. The van der Waals surface area contributed by atoms with Crippen LogP contribution in [0.3, 0.4) is 0 Å². The fourth-order valence-electron chi connectivity index (χ4n) is 5.23. The highest BCUT2D eigenvalue weighted by molar-refractivity contribution is 5.87. The van der Waals surface area contributed by atoms with E-state index < -0.39 is 0 Å². The first-order valence-electron chi connectivity index (χ1n) is 11.0. The number of hydrogen-bond donors (Lipinski definition) is 3. The number of β-amino-alcohol motifs (C(OH)–C–C–N with tert-alkyl or cyclic N) is 1. The van der Waals surface area contributed by atoms with Crippen molar-refractivity contribution in [2.24, 2.45) is 0 Å². The zero-order valence-corrected chi connectivity index (χ0v) is 18.5. The van der Waals surface area contributed by atoms with Crippen molar-refractivity contribution >= 4 is 22.8 Å².